The molecule has 0 spiro atoms. The van der Waals surface area contributed by atoms with Crippen molar-refractivity contribution in [3.63, 3.8) is 0 Å². The molecule has 1 heterocycles. The van der Waals surface area contributed by atoms with E-state index in [-0.39, 0.29) is 0 Å². The molecular formula is C19H20N2. The van der Waals surface area contributed by atoms with Gasteiger partial charge in [-0.2, -0.15) is 0 Å². The number of benzene rings is 2. The van der Waals surface area contributed by atoms with Gasteiger partial charge < -0.3 is 5.32 Å². The second kappa shape index (κ2) is 6.06. The molecule has 0 aliphatic carbocycles. The van der Waals surface area contributed by atoms with E-state index in [0.29, 0.717) is 6.04 Å². The van der Waals surface area contributed by atoms with Crippen LogP contribution < -0.4 is 5.32 Å². The summed E-state index contributed by atoms with van der Waals surface area (Å²) in [4.78, 5) is 4.38. The molecule has 3 aromatic rings. The monoisotopic (exact) mass is 276 g/mol. The molecule has 0 amide bonds. The Hall–Kier alpha value is -2.19. The molecule has 1 aromatic heterocycles. The lowest BCUT2D eigenvalue weighted by Gasteiger charge is -2.14. The molecule has 2 aromatic carbocycles. The van der Waals surface area contributed by atoms with E-state index in [4.69, 9.17) is 0 Å². The van der Waals surface area contributed by atoms with Crippen molar-refractivity contribution in [3.8, 4) is 11.1 Å². The molecule has 0 fully saturated rings. The van der Waals surface area contributed by atoms with Gasteiger partial charge in [0.1, 0.15) is 0 Å². The smallest absolute Gasteiger partial charge is 0.0352 e. The van der Waals surface area contributed by atoms with Gasteiger partial charge in [0.25, 0.3) is 0 Å². The third kappa shape index (κ3) is 2.81. The Morgan fingerprint density at radius 2 is 1.90 bits per heavy atom. The number of aromatic nitrogens is 1. The number of rotatable bonds is 4. The van der Waals surface area contributed by atoms with Gasteiger partial charge in [0.2, 0.25) is 0 Å². The zero-order valence-electron chi connectivity index (χ0n) is 12.5. The standard InChI is InChI=1S/C19H20N2/c1-3-21-14(2)15-8-6-9-16(11-15)19-13-20-12-17-7-4-5-10-18(17)19/h4-14,21H,3H2,1-2H3. The largest absolute Gasteiger partial charge is 0.310 e. The van der Waals surface area contributed by atoms with Crippen molar-refractivity contribution in [1.82, 2.24) is 10.3 Å². The Morgan fingerprint density at radius 3 is 2.76 bits per heavy atom. The van der Waals surface area contributed by atoms with E-state index in [1.165, 1.54) is 27.5 Å². The number of nitrogens with one attached hydrogen (secondary N) is 1. The van der Waals surface area contributed by atoms with Gasteiger partial charge >= 0.3 is 0 Å². The van der Waals surface area contributed by atoms with Crippen molar-refractivity contribution in [3.05, 3.63) is 66.5 Å². The highest BCUT2D eigenvalue weighted by molar-refractivity contribution is 5.95. The number of hydrogen-bond acceptors (Lipinski definition) is 2. The third-order valence-electron chi connectivity index (χ3n) is 3.88. The van der Waals surface area contributed by atoms with Crippen LogP contribution in [0.3, 0.4) is 0 Å². The highest BCUT2D eigenvalue weighted by atomic mass is 14.9. The fourth-order valence-corrected chi connectivity index (χ4v) is 2.75. The average molecular weight is 276 g/mol. The maximum absolute atomic E-state index is 4.38. The van der Waals surface area contributed by atoms with Crippen molar-refractivity contribution in [1.29, 1.82) is 0 Å². The van der Waals surface area contributed by atoms with E-state index in [0.717, 1.165) is 6.54 Å². The van der Waals surface area contributed by atoms with E-state index in [1.54, 1.807) is 0 Å². The van der Waals surface area contributed by atoms with Gasteiger partial charge in [-0.15, -0.1) is 0 Å². The minimum absolute atomic E-state index is 0.359. The van der Waals surface area contributed by atoms with E-state index < -0.39 is 0 Å². The molecule has 106 valence electrons. The van der Waals surface area contributed by atoms with Gasteiger partial charge in [-0.05, 0) is 36.0 Å². The van der Waals surface area contributed by atoms with Crippen molar-refractivity contribution < 1.29 is 0 Å². The maximum atomic E-state index is 4.38. The zero-order valence-corrected chi connectivity index (χ0v) is 12.5. The molecule has 0 bridgehead atoms. The third-order valence-corrected chi connectivity index (χ3v) is 3.88. The van der Waals surface area contributed by atoms with Crippen molar-refractivity contribution in [2.45, 2.75) is 19.9 Å². The second-order valence-electron chi connectivity index (χ2n) is 5.31. The molecule has 0 aliphatic rings. The lowest BCUT2D eigenvalue weighted by molar-refractivity contribution is 0.598. The molecule has 0 saturated carbocycles. The molecule has 1 unspecified atom stereocenters. The number of nitrogens with zero attached hydrogens (tertiary/aromatic N) is 1. The van der Waals surface area contributed by atoms with Crippen LogP contribution >= 0.6 is 0 Å². The molecule has 0 radical (unpaired) electrons. The molecule has 2 heteroatoms. The van der Waals surface area contributed by atoms with E-state index in [1.807, 2.05) is 12.4 Å². The topological polar surface area (TPSA) is 24.9 Å². The van der Waals surface area contributed by atoms with Gasteiger partial charge in [0.15, 0.2) is 0 Å². The van der Waals surface area contributed by atoms with Crippen LogP contribution in [0.5, 0.6) is 0 Å². The first-order valence-electron chi connectivity index (χ1n) is 7.46. The Kier molecular flexibility index (Phi) is 3.98. The fourth-order valence-electron chi connectivity index (χ4n) is 2.75. The Bertz CT molecular complexity index is 744. The lowest BCUT2D eigenvalue weighted by atomic mass is 9.97. The number of hydrogen-bond donors (Lipinski definition) is 1. The summed E-state index contributed by atoms with van der Waals surface area (Å²) in [6, 6.07) is 17.5. The van der Waals surface area contributed by atoms with Crippen LogP contribution in [0.2, 0.25) is 0 Å². The normalized spacial score (nSPS) is 12.5. The molecule has 1 N–H and O–H groups in total. The first-order valence-corrected chi connectivity index (χ1v) is 7.46. The Morgan fingerprint density at radius 1 is 1.05 bits per heavy atom. The van der Waals surface area contributed by atoms with Crippen LogP contribution in [0, 0.1) is 0 Å². The summed E-state index contributed by atoms with van der Waals surface area (Å²) in [7, 11) is 0. The summed E-state index contributed by atoms with van der Waals surface area (Å²) in [6.45, 7) is 5.31. The van der Waals surface area contributed by atoms with Gasteiger partial charge in [-0.25, -0.2) is 0 Å². The van der Waals surface area contributed by atoms with E-state index >= 15 is 0 Å². The van der Waals surface area contributed by atoms with Gasteiger partial charge in [0.05, 0.1) is 0 Å². The summed E-state index contributed by atoms with van der Waals surface area (Å²) in [5.74, 6) is 0. The Balaban J connectivity index is 2.09. The molecule has 1 atom stereocenters. The Labute approximate surface area is 125 Å². The number of pyridine rings is 1. The van der Waals surface area contributed by atoms with Gasteiger partial charge in [-0.3, -0.25) is 4.98 Å². The highest BCUT2D eigenvalue weighted by Gasteiger charge is 2.08. The fraction of sp³-hybridized carbons (Fsp3) is 0.211. The zero-order chi connectivity index (χ0) is 14.7. The highest BCUT2D eigenvalue weighted by Crippen LogP contribution is 2.29. The first kappa shape index (κ1) is 13.8. The molecular weight excluding hydrogens is 256 g/mol. The molecule has 21 heavy (non-hydrogen) atoms. The van der Waals surface area contributed by atoms with Crippen molar-refractivity contribution in [2.24, 2.45) is 0 Å². The van der Waals surface area contributed by atoms with E-state index in [2.05, 4.69) is 72.7 Å². The average Bonchev–Trinajstić information content (AvgIpc) is 2.55. The van der Waals surface area contributed by atoms with Crippen molar-refractivity contribution in [2.75, 3.05) is 6.54 Å². The minimum Gasteiger partial charge on any atom is -0.310 e. The summed E-state index contributed by atoms with van der Waals surface area (Å²) in [6.07, 6.45) is 3.88. The van der Waals surface area contributed by atoms with Crippen LogP contribution in [0.15, 0.2) is 60.9 Å². The number of fused-ring (bicyclic) bond motifs is 1. The molecule has 2 nitrogen and oxygen atoms in total. The van der Waals surface area contributed by atoms with Crippen LogP contribution in [0.25, 0.3) is 21.9 Å². The maximum Gasteiger partial charge on any atom is 0.0352 e. The summed E-state index contributed by atoms with van der Waals surface area (Å²) < 4.78 is 0. The molecule has 0 aliphatic heterocycles. The van der Waals surface area contributed by atoms with Crippen LogP contribution in [-0.2, 0) is 0 Å². The van der Waals surface area contributed by atoms with Crippen LogP contribution in [0.1, 0.15) is 25.5 Å². The lowest BCUT2D eigenvalue weighted by Crippen LogP contribution is -2.17. The van der Waals surface area contributed by atoms with Crippen molar-refractivity contribution >= 4 is 10.8 Å². The van der Waals surface area contributed by atoms with E-state index in [9.17, 15) is 0 Å². The van der Waals surface area contributed by atoms with Gasteiger partial charge in [-0.1, -0.05) is 49.4 Å². The summed E-state index contributed by atoms with van der Waals surface area (Å²) >= 11 is 0. The summed E-state index contributed by atoms with van der Waals surface area (Å²) in [5, 5.41) is 5.89. The minimum atomic E-state index is 0.359. The van der Waals surface area contributed by atoms with Crippen LogP contribution in [-0.4, -0.2) is 11.5 Å². The first-order chi connectivity index (χ1) is 10.3. The predicted octanol–water partition coefficient (Wildman–Crippen LogP) is 4.57. The molecule has 3 rings (SSSR count). The SMILES string of the molecule is CCNC(C)c1cccc(-c2cncc3ccccc23)c1. The predicted molar refractivity (Wildman–Crippen MR) is 89.3 cm³/mol. The van der Waals surface area contributed by atoms with Crippen LogP contribution in [0.4, 0.5) is 0 Å². The van der Waals surface area contributed by atoms with Gasteiger partial charge in [0, 0.05) is 29.4 Å². The summed E-state index contributed by atoms with van der Waals surface area (Å²) in [5.41, 5.74) is 3.72. The second-order valence-corrected chi connectivity index (χ2v) is 5.31. The quantitative estimate of drug-likeness (QED) is 0.755. The molecule has 0 saturated heterocycles.